The van der Waals surface area contributed by atoms with Gasteiger partial charge in [0.1, 0.15) is 5.75 Å². The molecular formula is C20H19NO5S2. The molecule has 0 spiro atoms. The highest BCUT2D eigenvalue weighted by atomic mass is 32.2. The summed E-state index contributed by atoms with van der Waals surface area (Å²) in [6, 6.07) is 13.7. The number of nitrogens with one attached hydrogen (secondary N) is 1. The Morgan fingerprint density at radius 1 is 1.04 bits per heavy atom. The van der Waals surface area contributed by atoms with Crippen LogP contribution in [-0.2, 0) is 9.53 Å². The van der Waals surface area contributed by atoms with Crippen LogP contribution in [0.1, 0.15) is 30.9 Å². The van der Waals surface area contributed by atoms with Crippen molar-refractivity contribution in [3.63, 3.8) is 0 Å². The second-order valence-corrected chi connectivity index (χ2v) is 8.57. The van der Waals surface area contributed by atoms with Crippen LogP contribution in [0.25, 0.3) is 0 Å². The largest absolute Gasteiger partial charge is 0.496 e. The topological polar surface area (TPSA) is 81.7 Å². The predicted molar refractivity (Wildman–Crippen MR) is 110 cm³/mol. The average molecular weight is 418 g/mol. The van der Waals surface area contributed by atoms with E-state index in [2.05, 4.69) is 5.32 Å². The number of benzene rings is 2. The summed E-state index contributed by atoms with van der Waals surface area (Å²) in [7, 11) is 1.44. The fourth-order valence-corrected chi connectivity index (χ4v) is 5.46. The smallest absolute Gasteiger partial charge is 0.338 e. The number of hydrogen-bond acceptors (Lipinski definition) is 7. The number of thioether (sulfide) groups is 2. The summed E-state index contributed by atoms with van der Waals surface area (Å²) in [5.74, 6) is 0.666. The SMILES string of the molecule is COc1ccccc1C(=O)NC(=O)COC(=O)c1ccc(C2SCCS2)cc1. The number of hydrogen-bond donors (Lipinski definition) is 1. The van der Waals surface area contributed by atoms with Crippen LogP contribution in [0, 0.1) is 0 Å². The van der Waals surface area contributed by atoms with Gasteiger partial charge >= 0.3 is 5.97 Å². The highest BCUT2D eigenvalue weighted by molar-refractivity contribution is 8.19. The Balaban J connectivity index is 1.51. The third kappa shape index (κ3) is 5.08. The third-order valence-corrected chi connectivity index (χ3v) is 7.08. The number of methoxy groups -OCH3 is 1. The van der Waals surface area contributed by atoms with Gasteiger partial charge in [-0.05, 0) is 29.8 Å². The first-order valence-electron chi connectivity index (χ1n) is 8.56. The van der Waals surface area contributed by atoms with E-state index in [-0.39, 0.29) is 5.56 Å². The Kier molecular flexibility index (Phi) is 7.00. The van der Waals surface area contributed by atoms with Crippen molar-refractivity contribution < 1.29 is 23.9 Å². The first-order chi connectivity index (χ1) is 13.6. The van der Waals surface area contributed by atoms with Gasteiger partial charge in [0.25, 0.3) is 11.8 Å². The maximum Gasteiger partial charge on any atom is 0.338 e. The third-order valence-electron chi connectivity index (χ3n) is 3.98. The van der Waals surface area contributed by atoms with Gasteiger partial charge in [0.15, 0.2) is 6.61 Å². The van der Waals surface area contributed by atoms with Gasteiger partial charge in [0, 0.05) is 11.5 Å². The fraction of sp³-hybridized carbons (Fsp3) is 0.250. The van der Waals surface area contributed by atoms with E-state index in [0.717, 1.165) is 17.1 Å². The number of amides is 2. The van der Waals surface area contributed by atoms with Crippen LogP contribution in [-0.4, -0.2) is 43.0 Å². The normalized spacial score (nSPS) is 13.8. The molecule has 146 valence electrons. The second kappa shape index (κ2) is 9.66. The van der Waals surface area contributed by atoms with Gasteiger partial charge < -0.3 is 9.47 Å². The molecule has 0 saturated carbocycles. The summed E-state index contributed by atoms with van der Waals surface area (Å²) in [5, 5.41) is 2.18. The molecule has 28 heavy (non-hydrogen) atoms. The Hall–Kier alpha value is -2.45. The van der Waals surface area contributed by atoms with Crippen molar-refractivity contribution in [1.29, 1.82) is 0 Å². The van der Waals surface area contributed by atoms with Crippen molar-refractivity contribution >= 4 is 41.3 Å². The van der Waals surface area contributed by atoms with Crippen LogP contribution in [0.4, 0.5) is 0 Å². The van der Waals surface area contributed by atoms with Crippen molar-refractivity contribution in [2.75, 3.05) is 25.2 Å². The lowest BCUT2D eigenvalue weighted by atomic mass is 10.1. The number of imide groups is 1. The maximum absolute atomic E-state index is 12.2. The lowest BCUT2D eigenvalue weighted by molar-refractivity contribution is -0.123. The molecule has 6 nitrogen and oxygen atoms in total. The Morgan fingerprint density at radius 3 is 2.39 bits per heavy atom. The van der Waals surface area contributed by atoms with E-state index in [4.69, 9.17) is 9.47 Å². The summed E-state index contributed by atoms with van der Waals surface area (Å²) in [6.45, 7) is -0.546. The molecule has 3 rings (SSSR count). The van der Waals surface area contributed by atoms with Gasteiger partial charge in [-0.15, -0.1) is 23.5 Å². The van der Waals surface area contributed by atoms with Gasteiger partial charge in [-0.3, -0.25) is 14.9 Å². The van der Waals surface area contributed by atoms with Gasteiger partial charge in [0.2, 0.25) is 0 Å². The molecule has 1 aliphatic rings. The van der Waals surface area contributed by atoms with Crippen LogP contribution >= 0.6 is 23.5 Å². The highest BCUT2D eigenvalue weighted by Crippen LogP contribution is 2.45. The molecule has 2 amide bonds. The standard InChI is InChI=1S/C20H19NO5S2/c1-25-16-5-3-2-4-15(16)18(23)21-17(22)12-26-19(24)13-6-8-14(9-7-13)20-27-10-11-28-20/h2-9,20H,10-12H2,1H3,(H,21,22,23). The van der Waals surface area contributed by atoms with Gasteiger partial charge in [-0.25, -0.2) is 4.79 Å². The molecule has 0 radical (unpaired) electrons. The van der Waals surface area contributed by atoms with E-state index in [1.54, 1.807) is 30.3 Å². The molecular weight excluding hydrogens is 398 g/mol. The fourth-order valence-electron chi connectivity index (χ4n) is 2.60. The quantitative estimate of drug-likeness (QED) is 0.722. The summed E-state index contributed by atoms with van der Waals surface area (Å²) in [5.41, 5.74) is 1.74. The number of rotatable bonds is 6. The van der Waals surface area contributed by atoms with Gasteiger partial charge in [-0.2, -0.15) is 0 Å². The van der Waals surface area contributed by atoms with Crippen molar-refractivity contribution in [1.82, 2.24) is 5.32 Å². The van der Waals surface area contributed by atoms with Crippen molar-refractivity contribution in [3.05, 3.63) is 65.2 Å². The molecule has 0 unspecified atom stereocenters. The first kappa shape index (κ1) is 20.3. The molecule has 1 saturated heterocycles. The minimum absolute atomic E-state index is 0.225. The number of ether oxygens (including phenoxy) is 2. The van der Waals surface area contributed by atoms with Crippen molar-refractivity contribution in [2.45, 2.75) is 4.58 Å². The van der Waals surface area contributed by atoms with E-state index in [1.165, 1.54) is 13.2 Å². The maximum atomic E-state index is 12.2. The predicted octanol–water partition coefficient (Wildman–Crippen LogP) is 3.29. The lowest BCUT2D eigenvalue weighted by Gasteiger charge is -2.10. The molecule has 0 aromatic heterocycles. The minimum atomic E-state index is -0.709. The molecule has 8 heteroatoms. The molecule has 1 N–H and O–H groups in total. The Morgan fingerprint density at radius 2 is 1.71 bits per heavy atom. The summed E-state index contributed by atoms with van der Waals surface area (Å²) >= 11 is 3.77. The van der Waals surface area contributed by atoms with E-state index in [1.807, 2.05) is 35.7 Å². The van der Waals surface area contributed by atoms with Crippen LogP contribution in [0.5, 0.6) is 5.75 Å². The molecule has 0 aliphatic carbocycles. The highest BCUT2D eigenvalue weighted by Gasteiger charge is 2.19. The van der Waals surface area contributed by atoms with Crippen LogP contribution < -0.4 is 10.1 Å². The van der Waals surface area contributed by atoms with Gasteiger partial charge in [-0.1, -0.05) is 24.3 Å². The summed E-state index contributed by atoms with van der Waals surface area (Å²) < 4.78 is 10.5. The van der Waals surface area contributed by atoms with E-state index >= 15 is 0 Å². The number of carbonyl (C=O) groups is 3. The summed E-state index contributed by atoms with van der Waals surface area (Å²) in [6.07, 6.45) is 0. The molecule has 0 bridgehead atoms. The van der Waals surface area contributed by atoms with Crippen molar-refractivity contribution in [3.8, 4) is 5.75 Å². The second-order valence-electron chi connectivity index (χ2n) is 5.85. The molecule has 1 fully saturated rings. The minimum Gasteiger partial charge on any atom is -0.496 e. The zero-order valence-electron chi connectivity index (χ0n) is 15.2. The number of esters is 1. The van der Waals surface area contributed by atoms with E-state index < -0.39 is 24.4 Å². The molecule has 2 aromatic rings. The monoisotopic (exact) mass is 417 g/mol. The van der Waals surface area contributed by atoms with Crippen LogP contribution in [0.3, 0.4) is 0 Å². The molecule has 1 heterocycles. The zero-order valence-corrected chi connectivity index (χ0v) is 16.8. The lowest BCUT2D eigenvalue weighted by Crippen LogP contribution is -2.34. The summed E-state index contributed by atoms with van der Waals surface area (Å²) in [4.78, 5) is 36.2. The number of carbonyl (C=O) groups excluding carboxylic acids is 3. The average Bonchev–Trinajstić information content (AvgIpc) is 3.27. The van der Waals surface area contributed by atoms with Crippen molar-refractivity contribution in [2.24, 2.45) is 0 Å². The molecule has 1 aliphatic heterocycles. The van der Waals surface area contributed by atoms with Crippen LogP contribution in [0.15, 0.2) is 48.5 Å². The molecule has 0 atom stereocenters. The van der Waals surface area contributed by atoms with Crippen LogP contribution in [0.2, 0.25) is 0 Å². The zero-order chi connectivity index (χ0) is 19.9. The van der Waals surface area contributed by atoms with E-state index in [9.17, 15) is 14.4 Å². The first-order valence-corrected chi connectivity index (χ1v) is 10.7. The van der Waals surface area contributed by atoms with Gasteiger partial charge in [0.05, 0.1) is 22.8 Å². The Labute approximate surface area is 171 Å². The molecule has 2 aromatic carbocycles. The van der Waals surface area contributed by atoms with E-state index in [0.29, 0.717) is 15.9 Å². The number of para-hydroxylation sites is 1. The Bertz CT molecular complexity index is 863.